The molecule has 0 aliphatic carbocycles. The molecule has 2 aromatic carbocycles. The number of rotatable bonds is 4. The zero-order chi connectivity index (χ0) is 18.0. The first-order valence-electron chi connectivity index (χ1n) is 6.96. The molecule has 0 aliphatic rings. The third-order valence-corrected chi connectivity index (χ3v) is 5.03. The average Bonchev–Trinajstić information content (AvgIpc) is 2.93. The van der Waals surface area contributed by atoms with E-state index in [9.17, 15) is 20.0 Å². The van der Waals surface area contributed by atoms with Crippen molar-refractivity contribution in [2.45, 2.75) is 0 Å². The average molecular weight is 376 g/mol. The maximum absolute atomic E-state index is 12.2. The molecule has 3 rings (SSSR count). The van der Waals surface area contributed by atoms with Crippen LogP contribution in [0.15, 0.2) is 47.6 Å². The first-order valence-corrected chi connectivity index (χ1v) is 8.15. The van der Waals surface area contributed by atoms with Crippen LogP contribution < -0.4 is 5.43 Å². The number of hydrogen-bond acceptors (Lipinski definition) is 6. The molecule has 0 spiro atoms. The largest absolute Gasteiger partial charge is 0.502 e. The summed E-state index contributed by atoms with van der Waals surface area (Å²) in [6.07, 6.45) is 1.13. The number of para-hydroxylation sites is 1. The van der Waals surface area contributed by atoms with Crippen LogP contribution in [0, 0.1) is 10.1 Å². The van der Waals surface area contributed by atoms with Gasteiger partial charge in [0.1, 0.15) is 4.88 Å². The lowest BCUT2D eigenvalue weighted by molar-refractivity contribution is -0.385. The van der Waals surface area contributed by atoms with E-state index in [4.69, 9.17) is 11.6 Å². The molecule has 1 amide bonds. The fourth-order valence-electron chi connectivity index (χ4n) is 2.17. The number of amides is 1. The minimum absolute atomic E-state index is 0.108. The van der Waals surface area contributed by atoms with Crippen molar-refractivity contribution in [3.8, 4) is 5.75 Å². The lowest BCUT2D eigenvalue weighted by Gasteiger charge is -2.00. The van der Waals surface area contributed by atoms with Gasteiger partial charge in [0.25, 0.3) is 5.91 Å². The second-order valence-corrected chi connectivity index (χ2v) is 6.34. The van der Waals surface area contributed by atoms with Crippen LogP contribution >= 0.6 is 22.9 Å². The molecule has 0 unspecified atom stereocenters. The standard InChI is InChI=1S/C16H10ClN3O4S/c17-13-10-5-1-2-7-12(10)25-15(13)16(22)19-18-8-9-4-3-6-11(14(9)21)20(23)24/h1-8,21H,(H,19,22). The number of phenolic OH excluding ortho intramolecular Hbond substituents is 1. The Morgan fingerprint density at radius 1 is 1.28 bits per heavy atom. The highest BCUT2D eigenvalue weighted by Crippen LogP contribution is 2.35. The van der Waals surface area contributed by atoms with Crippen molar-refractivity contribution in [1.29, 1.82) is 0 Å². The Kier molecular flexibility index (Phi) is 4.64. The van der Waals surface area contributed by atoms with Gasteiger partial charge >= 0.3 is 5.69 Å². The van der Waals surface area contributed by atoms with Crippen LogP contribution in [0.3, 0.4) is 0 Å². The van der Waals surface area contributed by atoms with Gasteiger partial charge in [-0.25, -0.2) is 5.43 Å². The Bertz CT molecular complexity index is 1020. The number of nitro benzene ring substituents is 1. The smallest absolute Gasteiger partial charge is 0.311 e. The van der Waals surface area contributed by atoms with E-state index in [1.165, 1.54) is 29.5 Å². The molecule has 9 heteroatoms. The first-order chi connectivity index (χ1) is 12.0. The van der Waals surface area contributed by atoms with Crippen molar-refractivity contribution in [2.75, 3.05) is 0 Å². The predicted molar refractivity (Wildman–Crippen MR) is 96.7 cm³/mol. The maximum Gasteiger partial charge on any atom is 0.311 e. The second kappa shape index (κ2) is 6.88. The number of hydrogen-bond donors (Lipinski definition) is 2. The highest BCUT2D eigenvalue weighted by Gasteiger charge is 2.17. The van der Waals surface area contributed by atoms with Gasteiger partial charge in [0.05, 0.1) is 16.2 Å². The number of nitrogens with one attached hydrogen (secondary N) is 1. The highest BCUT2D eigenvalue weighted by molar-refractivity contribution is 7.21. The molecule has 0 aliphatic heterocycles. The monoisotopic (exact) mass is 375 g/mol. The molecule has 126 valence electrons. The number of hydrazone groups is 1. The number of benzene rings is 2. The van der Waals surface area contributed by atoms with E-state index < -0.39 is 22.3 Å². The fourth-order valence-corrected chi connectivity index (χ4v) is 3.58. The number of thiophene rings is 1. The number of fused-ring (bicyclic) bond motifs is 1. The summed E-state index contributed by atoms with van der Waals surface area (Å²) < 4.78 is 0.873. The lowest BCUT2D eigenvalue weighted by atomic mass is 10.2. The minimum atomic E-state index is -0.706. The van der Waals surface area contributed by atoms with Gasteiger partial charge in [-0.3, -0.25) is 14.9 Å². The maximum atomic E-state index is 12.2. The van der Waals surface area contributed by atoms with Crippen molar-refractivity contribution in [2.24, 2.45) is 5.10 Å². The number of carbonyl (C=O) groups is 1. The van der Waals surface area contributed by atoms with Gasteiger partial charge in [-0.1, -0.05) is 35.9 Å². The van der Waals surface area contributed by atoms with Crippen molar-refractivity contribution in [3.63, 3.8) is 0 Å². The molecular formula is C16H10ClN3O4S. The molecule has 25 heavy (non-hydrogen) atoms. The molecule has 0 fully saturated rings. The zero-order valence-electron chi connectivity index (χ0n) is 12.5. The summed E-state index contributed by atoms with van der Waals surface area (Å²) in [6.45, 7) is 0. The van der Waals surface area contributed by atoms with E-state index in [1.807, 2.05) is 24.3 Å². The normalized spacial score (nSPS) is 11.1. The minimum Gasteiger partial charge on any atom is -0.502 e. The Hall–Kier alpha value is -2.97. The topological polar surface area (TPSA) is 105 Å². The Labute approximate surface area is 150 Å². The quantitative estimate of drug-likeness (QED) is 0.409. The van der Waals surface area contributed by atoms with Crippen LogP contribution in [0.2, 0.25) is 5.02 Å². The molecule has 1 heterocycles. The summed E-state index contributed by atoms with van der Waals surface area (Å²) in [5.41, 5.74) is 1.97. The zero-order valence-corrected chi connectivity index (χ0v) is 14.0. The SMILES string of the molecule is O=C(NN=Cc1cccc([N+](=O)[O-])c1O)c1sc2ccccc2c1Cl. The molecule has 2 N–H and O–H groups in total. The molecule has 3 aromatic rings. The van der Waals surface area contributed by atoms with Crippen LogP contribution in [0.25, 0.3) is 10.1 Å². The number of aromatic hydroxyl groups is 1. The van der Waals surface area contributed by atoms with Crippen LogP contribution in [0.5, 0.6) is 5.75 Å². The van der Waals surface area contributed by atoms with Gasteiger partial charge < -0.3 is 5.11 Å². The van der Waals surface area contributed by atoms with Gasteiger partial charge in [0.2, 0.25) is 5.75 Å². The third-order valence-electron chi connectivity index (χ3n) is 3.35. The van der Waals surface area contributed by atoms with Gasteiger partial charge in [0, 0.05) is 21.7 Å². The van der Waals surface area contributed by atoms with E-state index in [0.29, 0.717) is 9.90 Å². The summed E-state index contributed by atoms with van der Waals surface area (Å²) >= 11 is 7.44. The van der Waals surface area contributed by atoms with Gasteiger partial charge in [-0.2, -0.15) is 5.10 Å². The summed E-state index contributed by atoms with van der Waals surface area (Å²) in [4.78, 5) is 22.6. The summed E-state index contributed by atoms with van der Waals surface area (Å²) in [7, 11) is 0. The molecule has 0 saturated carbocycles. The Morgan fingerprint density at radius 2 is 2.04 bits per heavy atom. The molecule has 0 radical (unpaired) electrons. The van der Waals surface area contributed by atoms with Gasteiger partial charge in [-0.15, -0.1) is 11.3 Å². The molecule has 0 bridgehead atoms. The van der Waals surface area contributed by atoms with E-state index >= 15 is 0 Å². The summed E-state index contributed by atoms with van der Waals surface area (Å²) in [5.74, 6) is -1.03. The van der Waals surface area contributed by atoms with Crippen LogP contribution in [-0.4, -0.2) is 22.2 Å². The highest BCUT2D eigenvalue weighted by atomic mass is 35.5. The lowest BCUT2D eigenvalue weighted by Crippen LogP contribution is -2.16. The molecule has 0 saturated heterocycles. The summed E-state index contributed by atoms with van der Waals surface area (Å²) in [5, 5.41) is 25.4. The first kappa shape index (κ1) is 16.9. The number of carbonyl (C=O) groups excluding carboxylic acids is 1. The van der Waals surface area contributed by atoms with Crippen molar-refractivity contribution >= 4 is 50.8 Å². The van der Waals surface area contributed by atoms with Crippen LogP contribution in [-0.2, 0) is 0 Å². The predicted octanol–water partition coefficient (Wildman–Crippen LogP) is 3.93. The molecule has 1 aromatic heterocycles. The molecular weight excluding hydrogens is 366 g/mol. The van der Waals surface area contributed by atoms with Crippen molar-refractivity contribution in [1.82, 2.24) is 5.43 Å². The fraction of sp³-hybridized carbons (Fsp3) is 0. The van der Waals surface area contributed by atoms with E-state index in [1.54, 1.807) is 0 Å². The number of nitro groups is 1. The number of nitrogens with zero attached hydrogens (tertiary/aromatic N) is 2. The Balaban J connectivity index is 1.80. The van der Waals surface area contributed by atoms with E-state index in [-0.39, 0.29) is 5.56 Å². The summed E-state index contributed by atoms with van der Waals surface area (Å²) in [6, 6.07) is 11.4. The van der Waals surface area contributed by atoms with Gasteiger partial charge in [-0.05, 0) is 12.1 Å². The van der Waals surface area contributed by atoms with Crippen molar-refractivity contribution < 1.29 is 14.8 Å². The Morgan fingerprint density at radius 3 is 2.76 bits per heavy atom. The van der Waals surface area contributed by atoms with E-state index in [0.717, 1.165) is 16.3 Å². The second-order valence-electron chi connectivity index (χ2n) is 4.91. The van der Waals surface area contributed by atoms with E-state index in [2.05, 4.69) is 10.5 Å². The molecule has 0 atom stereocenters. The molecule has 7 nitrogen and oxygen atoms in total. The van der Waals surface area contributed by atoms with Crippen molar-refractivity contribution in [3.05, 3.63) is 68.0 Å². The van der Waals surface area contributed by atoms with Crippen LogP contribution in [0.1, 0.15) is 15.2 Å². The van der Waals surface area contributed by atoms with Crippen LogP contribution in [0.4, 0.5) is 5.69 Å². The number of halogens is 1. The number of phenols is 1. The van der Waals surface area contributed by atoms with Gasteiger partial charge in [0.15, 0.2) is 0 Å². The third kappa shape index (κ3) is 3.30.